The molecule has 0 radical (unpaired) electrons. The molecule has 1 aromatic carbocycles. The first kappa shape index (κ1) is 16.8. The van der Waals surface area contributed by atoms with Crippen LogP contribution in [0.1, 0.15) is 54.8 Å². The highest BCUT2D eigenvalue weighted by Gasteiger charge is 2.33. The molecule has 0 saturated carbocycles. The zero-order chi connectivity index (χ0) is 17.3. The zero-order valence-electron chi connectivity index (χ0n) is 14.1. The van der Waals surface area contributed by atoms with Crippen molar-refractivity contribution in [1.29, 1.82) is 0 Å². The third-order valence-corrected chi connectivity index (χ3v) is 5.71. The predicted molar refractivity (Wildman–Crippen MR) is 90.0 cm³/mol. The van der Waals surface area contributed by atoms with Crippen LogP contribution < -0.4 is 0 Å². The number of likely N-dealkylation sites (tertiary alicyclic amines) is 1. The predicted octanol–water partition coefficient (Wildman–Crippen LogP) is 2.87. The van der Waals surface area contributed by atoms with E-state index in [-0.39, 0.29) is 17.2 Å². The fraction of sp³-hybridized carbons (Fsp3) is 0.471. The van der Waals surface area contributed by atoms with Crippen LogP contribution in [0.15, 0.2) is 33.7 Å². The number of carbonyl (C=O) groups is 1. The van der Waals surface area contributed by atoms with Gasteiger partial charge in [0.15, 0.2) is 5.82 Å². The van der Waals surface area contributed by atoms with Crippen LogP contribution in [-0.4, -0.2) is 37.0 Å². The molecule has 1 fully saturated rings. The van der Waals surface area contributed by atoms with Gasteiger partial charge in [-0.05, 0) is 37.1 Å². The van der Waals surface area contributed by atoms with Crippen LogP contribution in [0.5, 0.6) is 0 Å². The highest BCUT2D eigenvalue weighted by Crippen LogP contribution is 2.31. The fourth-order valence-electron chi connectivity index (χ4n) is 2.90. The lowest BCUT2D eigenvalue weighted by atomic mass is 10.1. The molecular weight excluding hydrogens is 326 g/mol. The number of rotatable bonds is 4. The van der Waals surface area contributed by atoms with E-state index in [1.54, 1.807) is 36.1 Å². The van der Waals surface area contributed by atoms with E-state index in [9.17, 15) is 9.00 Å². The van der Waals surface area contributed by atoms with Gasteiger partial charge in [-0.15, -0.1) is 0 Å². The minimum atomic E-state index is -1.05. The van der Waals surface area contributed by atoms with Crippen molar-refractivity contribution in [3.63, 3.8) is 0 Å². The van der Waals surface area contributed by atoms with Crippen LogP contribution in [-0.2, 0) is 10.8 Å². The average molecular weight is 347 g/mol. The second kappa shape index (κ2) is 6.84. The average Bonchev–Trinajstić information content (AvgIpc) is 3.22. The molecule has 0 bridgehead atoms. The van der Waals surface area contributed by atoms with E-state index in [2.05, 4.69) is 10.1 Å². The van der Waals surface area contributed by atoms with Crippen molar-refractivity contribution >= 4 is 16.7 Å². The molecule has 6 nitrogen and oxygen atoms in total. The summed E-state index contributed by atoms with van der Waals surface area (Å²) in [6.07, 6.45) is 1.75. The maximum absolute atomic E-state index is 12.8. The lowest BCUT2D eigenvalue weighted by Gasteiger charge is -2.22. The Labute approximate surface area is 143 Å². The smallest absolute Gasteiger partial charge is 0.254 e. The summed E-state index contributed by atoms with van der Waals surface area (Å²) in [5.41, 5.74) is 0.589. The summed E-state index contributed by atoms with van der Waals surface area (Å²) in [6.45, 7) is 6.25. The lowest BCUT2D eigenvalue weighted by molar-refractivity contribution is 0.0728. The van der Waals surface area contributed by atoms with Gasteiger partial charge in [0.2, 0.25) is 5.89 Å². The van der Waals surface area contributed by atoms with E-state index >= 15 is 0 Å². The molecular formula is C17H21N3O3S. The molecule has 0 aliphatic carbocycles. The topological polar surface area (TPSA) is 76.3 Å². The van der Waals surface area contributed by atoms with Gasteiger partial charge in [-0.3, -0.25) is 9.00 Å². The van der Waals surface area contributed by atoms with E-state index in [1.165, 1.54) is 0 Å². The normalized spacial score (nSPS) is 19.0. The second-order valence-electron chi connectivity index (χ2n) is 6.20. The van der Waals surface area contributed by atoms with Gasteiger partial charge in [-0.25, -0.2) is 0 Å². The van der Waals surface area contributed by atoms with Gasteiger partial charge in [0.05, 0.1) is 16.8 Å². The molecule has 1 amide bonds. The van der Waals surface area contributed by atoms with E-state index in [0.29, 0.717) is 23.8 Å². The number of amides is 1. The van der Waals surface area contributed by atoms with Gasteiger partial charge >= 0.3 is 0 Å². The van der Waals surface area contributed by atoms with Crippen LogP contribution in [0.25, 0.3) is 0 Å². The minimum absolute atomic E-state index is 0.0518. The van der Waals surface area contributed by atoms with Gasteiger partial charge < -0.3 is 9.42 Å². The van der Waals surface area contributed by atoms with E-state index < -0.39 is 10.8 Å². The Hall–Kier alpha value is -2.02. The van der Waals surface area contributed by atoms with Gasteiger partial charge in [-0.2, -0.15) is 4.98 Å². The molecule has 1 saturated heterocycles. The van der Waals surface area contributed by atoms with Crippen LogP contribution in [0.3, 0.4) is 0 Å². The first-order valence-corrected chi connectivity index (χ1v) is 9.30. The molecule has 2 aromatic rings. The largest absolute Gasteiger partial charge is 0.340 e. The molecule has 2 atom stereocenters. The summed E-state index contributed by atoms with van der Waals surface area (Å²) in [5, 5.41) is 4.01. The maximum atomic E-state index is 12.8. The van der Waals surface area contributed by atoms with Crippen molar-refractivity contribution in [3.05, 3.63) is 41.5 Å². The molecule has 0 unspecified atom stereocenters. The number of aromatic nitrogens is 2. The van der Waals surface area contributed by atoms with E-state index in [0.717, 1.165) is 17.7 Å². The number of hydrogen-bond acceptors (Lipinski definition) is 5. The first-order chi connectivity index (χ1) is 11.5. The zero-order valence-corrected chi connectivity index (χ0v) is 14.9. The summed E-state index contributed by atoms with van der Waals surface area (Å²) in [4.78, 5) is 19.6. The van der Waals surface area contributed by atoms with Crippen LogP contribution in [0.2, 0.25) is 0 Å². The van der Waals surface area contributed by atoms with Gasteiger partial charge in [-0.1, -0.05) is 19.0 Å². The van der Waals surface area contributed by atoms with Crippen molar-refractivity contribution < 1.29 is 13.5 Å². The van der Waals surface area contributed by atoms with E-state index in [1.807, 2.05) is 13.8 Å². The highest BCUT2D eigenvalue weighted by atomic mass is 32.2. The Balaban J connectivity index is 1.79. The van der Waals surface area contributed by atoms with E-state index in [4.69, 9.17) is 4.52 Å². The van der Waals surface area contributed by atoms with Crippen molar-refractivity contribution in [2.24, 2.45) is 0 Å². The number of benzene rings is 1. The SMILES string of the molecule is Cc1nc([C@@H]2CCCN2C(=O)c2ccc([S@](=O)C(C)C)cc2)no1. The Morgan fingerprint density at radius 1 is 1.33 bits per heavy atom. The van der Waals surface area contributed by atoms with Crippen molar-refractivity contribution in [1.82, 2.24) is 15.0 Å². The molecule has 1 aliphatic rings. The Morgan fingerprint density at radius 2 is 2.04 bits per heavy atom. The fourth-order valence-corrected chi connectivity index (χ4v) is 3.85. The van der Waals surface area contributed by atoms with Gasteiger partial charge in [0.1, 0.15) is 0 Å². The Bertz CT molecular complexity index is 755. The Morgan fingerprint density at radius 3 is 2.62 bits per heavy atom. The highest BCUT2D eigenvalue weighted by molar-refractivity contribution is 7.85. The molecule has 1 aromatic heterocycles. The number of nitrogens with zero attached hydrogens (tertiary/aromatic N) is 3. The molecule has 1 aliphatic heterocycles. The maximum Gasteiger partial charge on any atom is 0.254 e. The molecule has 3 rings (SSSR count). The van der Waals surface area contributed by atoms with Gasteiger partial charge in [0, 0.05) is 29.2 Å². The summed E-state index contributed by atoms with van der Waals surface area (Å²) in [7, 11) is -1.05. The lowest BCUT2D eigenvalue weighted by Crippen LogP contribution is -2.31. The molecule has 7 heteroatoms. The quantitative estimate of drug-likeness (QED) is 0.850. The van der Waals surface area contributed by atoms with Crippen LogP contribution >= 0.6 is 0 Å². The second-order valence-corrected chi connectivity index (χ2v) is 8.21. The summed E-state index contributed by atoms with van der Waals surface area (Å²) < 4.78 is 17.2. The first-order valence-electron chi connectivity index (χ1n) is 8.09. The van der Waals surface area contributed by atoms with Gasteiger partial charge in [0.25, 0.3) is 5.91 Å². The summed E-state index contributed by atoms with van der Waals surface area (Å²) in [5.74, 6) is 1.02. The monoisotopic (exact) mass is 347 g/mol. The van der Waals surface area contributed by atoms with Crippen LogP contribution in [0.4, 0.5) is 0 Å². The molecule has 2 heterocycles. The third-order valence-electron chi connectivity index (χ3n) is 4.12. The third kappa shape index (κ3) is 3.26. The molecule has 128 valence electrons. The minimum Gasteiger partial charge on any atom is -0.340 e. The standard InChI is InChI=1S/C17H21N3O3S/c1-11(2)24(22)14-8-6-13(7-9-14)17(21)20-10-4-5-15(20)16-18-12(3)23-19-16/h6-9,11,15H,4-5,10H2,1-3H3/t15-,24+/m0/s1. The molecule has 0 spiro atoms. The van der Waals surface area contributed by atoms with Crippen molar-refractivity contribution in [2.75, 3.05) is 6.54 Å². The summed E-state index contributed by atoms with van der Waals surface area (Å²) in [6, 6.07) is 6.89. The molecule has 0 N–H and O–H groups in total. The van der Waals surface area contributed by atoms with Crippen LogP contribution in [0, 0.1) is 6.92 Å². The number of carbonyl (C=O) groups excluding carboxylic acids is 1. The van der Waals surface area contributed by atoms with Crippen molar-refractivity contribution in [3.8, 4) is 0 Å². The number of hydrogen-bond donors (Lipinski definition) is 0. The molecule has 24 heavy (non-hydrogen) atoms. The summed E-state index contributed by atoms with van der Waals surface area (Å²) >= 11 is 0. The van der Waals surface area contributed by atoms with Crippen molar-refractivity contribution in [2.45, 2.75) is 49.8 Å². The Kier molecular flexibility index (Phi) is 4.80. The number of aryl methyl sites for hydroxylation is 1.